The number of aromatic nitrogens is 2. The van der Waals surface area contributed by atoms with Gasteiger partial charge in [0.1, 0.15) is 5.75 Å². The number of nitrogens with two attached hydrogens (primary N) is 1. The van der Waals surface area contributed by atoms with Crippen molar-refractivity contribution in [2.45, 2.75) is 0 Å². The molecule has 36 heavy (non-hydrogen) atoms. The molecule has 1 aliphatic heterocycles. The fraction of sp³-hybridized carbons (Fsp3) is 0.0370. The van der Waals surface area contributed by atoms with Gasteiger partial charge in [-0.1, -0.05) is 54.3 Å². The zero-order valence-corrected chi connectivity index (χ0v) is 20.8. The summed E-state index contributed by atoms with van der Waals surface area (Å²) in [4.78, 5) is 27.2. The Morgan fingerprint density at radius 2 is 1.72 bits per heavy atom. The lowest BCUT2D eigenvalue weighted by Gasteiger charge is -2.17. The van der Waals surface area contributed by atoms with Crippen LogP contribution in [0.4, 0.5) is 5.69 Å². The molecule has 7 nitrogen and oxygen atoms in total. The van der Waals surface area contributed by atoms with Crippen molar-refractivity contribution in [2.75, 3.05) is 12.0 Å². The number of thioether (sulfide) groups is 1. The first-order valence-corrected chi connectivity index (χ1v) is 12.1. The van der Waals surface area contributed by atoms with Crippen LogP contribution in [0.15, 0.2) is 90.0 Å². The van der Waals surface area contributed by atoms with E-state index < -0.39 is 5.91 Å². The van der Waals surface area contributed by atoms with Crippen LogP contribution in [0.25, 0.3) is 23.0 Å². The first-order chi connectivity index (χ1) is 17.5. The van der Waals surface area contributed by atoms with Crippen molar-refractivity contribution in [3.8, 4) is 22.7 Å². The third kappa shape index (κ3) is 4.41. The molecule has 3 aromatic carbocycles. The number of benzene rings is 3. The average molecular weight is 513 g/mol. The van der Waals surface area contributed by atoms with Crippen LogP contribution in [0.5, 0.6) is 5.75 Å². The SMILES string of the molecule is COc1ccc(-c2nn(-c3ccccc3)cc2/C=C2\SC(=S)N(c3ccccc3C(N)=O)C2=O)cc1. The molecule has 0 saturated carbocycles. The number of methoxy groups -OCH3 is 1. The van der Waals surface area contributed by atoms with Crippen molar-refractivity contribution in [2.24, 2.45) is 5.73 Å². The number of thiocarbonyl (C=S) groups is 1. The number of carbonyl (C=O) groups excluding carboxylic acids is 2. The van der Waals surface area contributed by atoms with Gasteiger partial charge in [-0.15, -0.1) is 0 Å². The second-order valence-corrected chi connectivity index (χ2v) is 9.52. The van der Waals surface area contributed by atoms with Crippen LogP contribution in [-0.2, 0) is 4.79 Å². The van der Waals surface area contributed by atoms with Gasteiger partial charge in [0, 0.05) is 17.3 Å². The molecular weight excluding hydrogens is 492 g/mol. The van der Waals surface area contributed by atoms with E-state index in [0.717, 1.165) is 22.6 Å². The molecule has 0 radical (unpaired) electrons. The Labute approximate surface area is 217 Å². The lowest BCUT2D eigenvalue weighted by atomic mass is 10.1. The van der Waals surface area contributed by atoms with Gasteiger partial charge in [-0.3, -0.25) is 14.5 Å². The molecule has 9 heteroatoms. The number of amides is 2. The lowest BCUT2D eigenvalue weighted by Crippen LogP contribution is -2.30. The largest absolute Gasteiger partial charge is 0.497 e. The lowest BCUT2D eigenvalue weighted by molar-refractivity contribution is -0.113. The molecule has 0 spiro atoms. The minimum absolute atomic E-state index is 0.228. The monoisotopic (exact) mass is 512 g/mol. The number of hydrogen-bond donors (Lipinski definition) is 1. The van der Waals surface area contributed by atoms with E-state index in [0.29, 0.717) is 20.6 Å². The fourth-order valence-electron chi connectivity index (χ4n) is 3.87. The summed E-state index contributed by atoms with van der Waals surface area (Å²) in [6, 6.07) is 23.9. The van der Waals surface area contributed by atoms with E-state index in [9.17, 15) is 9.59 Å². The fourth-order valence-corrected chi connectivity index (χ4v) is 5.15. The number of ether oxygens (including phenoxy) is 1. The van der Waals surface area contributed by atoms with E-state index in [1.54, 1.807) is 42.1 Å². The molecule has 1 fully saturated rings. The molecule has 2 heterocycles. The Bertz CT molecular complexity index is 1510. The number of rotatable bonds is 6. The Balaban J connectivity index is 1.58. The maximum atomic E-state index is 13.5. The van der Waals surface area contributed by atoms with E-state index in [4.69, 9.17) is 27.8 Å². The molecule has 2 amide bonds. The summed E-state index contributed by atoms with van der Waals surface area (Å²) in [6.45, 7) is 0. The maximum absolute atomic E-state index is 13.5. The van der Waals surface area contributed by atoms with Gasteiger partial charge < -0.3 is 10.5 Å². The molecule has 0 aliphatic carbocycles. The second kappa shape index (κ2) is 9.80. The van der Waals surface area contributed by atoms with E-state index in [1.165, 1.54) is 16.7 Å². The second-order valence-electron chi connectivity index (χ2n) is 7.84. The average Bonchev–Trinajstić information content (AvgIpc) is 3.44. The molecule has 1 aromatic heterocycles. The molecule has 1 aliphatic rings. The van der Waals surface area contributed by atoms with Crippen LogP contribution in [0, 0.1) is 0 Å². The quantitative estimate of drug-likeness (QED) is 0.287. The highest BCUT2D eigenvalue weighted by Gasteiger charge is 2.35. The Morgan fingerprint density at radius 3 is 2.42 bits per heavy atom. The smallest absolute Gasteiger partial charge is 0.270 e. The third-order valence-corrected chi connectivity index (χ3v) is 6.92. The summed E-state index contributed by atoms with van der Waals surface area (Å²) in [5, 5.41) is 4.81. The van der Waals surface area contributed by atoms with Gasteiger partial charge in [-0.05, 0) is 54.6 Å². The van der Waals surface area contributed by atoms with E-state index in [-0.39, 0.29) is 11.5 Å². The van der Waals surface area contributed by atoms with Crippen molar-refractivity contribution in [3.63, 3.8) is 0 Å². The van der Waals surface area contributed by atoms with Crippen molar-refractivity contribution in [3.05, 3.63) is 101 Å². The third-order valence-electron chi connectivity index (χ3n) is 5.62. The zero-order valence-electron chi connectivity index (χ0n) is 19.1. The number of nitrogens with zero attached hydrogens (tertiary/aromatic N) is 3. The summed E-state index contributed by atoms with van der Waals surface area (Å²) in [7, 11) is 1.61. The van der Waals surface area contributed by atoms with Crippen LogP contribution in [0.3, 0.4) is 0 Å². The van der Waals surface area contributed by atoms with Crippen LogP contribution in [-0.4, -0.2) is 33.0 Å². The number of carbonyl (C=O) groups is 2. The molecule has 178 valence electrons. The Kier molecular flexibility index (Phi) is 6.41. The van der Waals surface area contributed by atoms with Gasteiger partial charge in [-0.2, -0.15) is 5.10 Å². The van der Waals surface area contributed by atoms with Crippen LogP contribution in [0.1, 0.15) is 15.9 Å². The molecule has 2 N–H and O–H groups in total. The van der Waals surface area contributed by atoms with Crippen molar-refractivity contribution in [1.29, 1.82) is 0 Å². The molecular formula is C27H20N4O3S2. The molecule has 4 aromatic rings. The van der Waals surface area contributed by atoms with Crippen LogP contribution in [0.2, 0.25) is 0 Å². The molecule has 0 bridgehead atoms. The number of anilines is 1. The normalized spacial score (nSPS) is 14.5. The van der Waals surface area contributed by atoms with Gasteiger partial charge in [0.05, 0.1) is 34.6 Å². The first-order valence-electron chi connectivity index (χ1n) is 10.9. The highest BCUT2D eigenvalue weighted by molar-refractivity contribution is 8.27. The van der Waals surface area contributed by atoms with E-state index >= 15 is 0 Å². The number of hydrogen-bond acceptors (Lipinski definition) is 6. The van der Waals surface area contributed by atoms with Gasteiger partial charge in [0.2, 0.25) is 0 Å². The highest BCUT2D eigenvalue weighted by Crippen LogP contribution is 2.38. The van der Waals surface area contributed by atoms with E-state index in [2.05, 4.69) is 0 Å². The van der Waals surface area contributed by atoms with Gasteiger partial charge >= 0.3 is 0 Å². The molecule has 5 rings (SSSR count). The standard InChI is InChI=1S/C27H20N4O3S2/c1-34-20-13-11-17(12-14-20)24-18(16-30(29-24)19-7-3-2-4-8-19)15-23-26(33)31(27(35)36-23)22-10-6-5-9-21(22)25(28)32/h2-16H,1H3,(H2,28,32)/b23-15-. The molecule has 0 atom stereocenters. The molecule has 1 saturated heterocycles. The minimum Gasteiger partial charge on any atom is -0.497 e. The topological polar surface area (TPSA) is 90.4 Å². The van der Waals surface area contributed by atoms with Crippen LogP contribution >= 0.6 is 24.0 Å². The molecule has 0 unspecified atom stereocenters. The summed E-state index contributed by atoms with van der Waals surface area (Å²) >= 11 is 6.68. The summed E-state index contributed by atoms with van der Waals surface area (Å²) < 4.78 is 7.38. The summed E-state index contributed by atoms with van der Waals surface area (Å²) in [6.07, 6.45) is 3.65. The van der Waals surface area contributed by atoms with Gasteiger partial charge in [0.15, 0.2) is 4.32 Å². The highest BCUT2D eigenvalue weighted by atomic mass is 32.2. The predicted octanol–water partition coefficient (Wildman–Crippen LogP) is 5.05. The van der Waals surface area contributed by atoms with Crippen molar-refractivity contribution >= 4 is 51.9 Å². The number of para-hydroxylation sites is 2. The zero-order chi connectivity index (χ0) is 25.2. The maximum Gasteiger partial charge on any atom is 0.270 e. The van der Waals surface area contributed by atoms with Gasteiger partial charge in [0.25, 0.3) is 11.8 Å². The number of primary amides is 1. The van der Waals surface area contributed by atoms with E-state index in [1.807, 2.05) is 60.8 Å². The van der Waals surface area contributed by atoms with Crippen molar-refractivity contribution in [1.82, 2.24) is 9.78 Å². The minimum atomic E-state index is -0.630. The summed E-state index contributed by atoms with van der Waals surface area (Å²) in [5.74, 6) is -0.224. The summed E-state index contributed by atoms with van der Waals surface area (Å²) in [5.41, 5.74) is 9.32. The Morgan fingerprint density at radius 1 is 1.03 bits per heavy atom. The van der Waals surface area contributed by atoms with Gasteiger partial charge in [-0.25, -0.2) is 4.68 Å². The predicted molar refractivity (Wildman–Crippen MR) is 146 cm³/mol. The van der Waals surface area contributed by atoms with Crippen LogP contribution < -0.4 is 15.4 Å². The Hall–Kier alpha value is -4.21. The van der Waals surface area contributed by atoms with Crippen molar-refractivity contribution < 1.29 is 14.3 Å². The first kappa shape index (κ1) is 23.5.